The number of ether oxygens (including phenoxy) is 1. The van der Waals surface area contributed by atoms with Crippen molar-refractivity contribution in [1.82, 2.24) is 28.7 Å². The lowest BCUT2D eigenvalue weighted by molar-refractivity contribution is 0.0552. The molecule has 0 aliphatic carbocycles. The molecule has 2 saturated heterocycles. The molecular formula is C31H40N8O3S. The molecule has 2 aliphatic heterocycles. The Bertz CT molecular complexity index is 1750. The normalized spacial score (nSPS) is 19.1. The maximum absolute atomic E-state index is 13.9. The van der Waals surface area contributed by atoms with Gasteiger partial charge in [0.25, 0.3) is 10.0 Å². The van der Waals surface area contributed by atoms with E-state index in [1.54, 1.807) is 19.3 Å². The van der Waals surface area contributed by atoms with Crippen LogP contribution in [0.1, 0.15) is 36.9 Å². The summed E-state index contributed by atoms with van der Waals surface area (Å²) in [5.41, 5.74) is 11.6. The Hall–Kier alpha value is -3.55. The fraction of sp³-hybridized carbons (Fsp3) is 0.419. The van der Waals surface area contributed by atoms with Gasteiger partial charge in [-0.3, -0.25) is 4.98 Å². The van der Waals surface area contributed by atoms with Gasteiger partial charge in [-0.15, -0.1) is 0 Å². The number of aromatic nitrogens is 3. The van der Waals surface area contributed by atoms with Crippen molar-refractivity contribution in [2.24, 2.45) is 17.5 Å². The molecule has 1 aromatic carbocycles. The third-order valence-corrected chi connectivity index (χ3v) is 10.5. The Labute approximate surface area is 252 Å². The first kappa shape index (κ1) is 29.5. The molecular weight excluding hydrogens is 564 g/mol. The second-order valence-corrected chi connectivity index (χ2v) is 13.5. The number of nitrogens with two attached hydrogens (primary N) is 2. The standard InChI is InChI=1S/C31H40N8O3S/c1-21(32)29(37(3)33)24-19-26-28(34-20-24)25-9-10-27(43(40,41)38-15-13-36(2)14-16-38)35-31(25)39(26)30(22-7-5-4-6-8-22)23-11-17-42-18-12-23/h4-10,19-20,23,30H,11-18,32-33H2,1-3H3/b29-21-. The summed E-state index contributed by atoms with van der Waals surface area (Å²) in [6.45, 7) is 5.37. The van der Waals surface area contributed by atoms with E-state index in [1.165, 1.54) is 9.31 Å². The van der Waals surface area contributed by atoms with Crippen LogP contribution < -0.4 is 11.6 Å². The number of piperazine rings is 1. The minimum absolute atomic E-state index is 0.0488. The van der Waals surface area contributed by atoms with Crippen molar-refractivity contribution in [3.05, 3.63) is 71.6 Å². The molecule has 0 saturated carbocycles. The average molecular weight is 605 g/mol. The van der Waals surface area contributed by atoms with E-state index in [9.17, 15) is 8.42 Å². The van der Waals surface area contributed by atoms with Crippen molar-refractivity contribution in [2.45, 2.75) is 30.8 Å². The van der Waals surface area contributed by atoms with E-state index in [-0.39, 0.29) is 17.0 Å². The zero-order chi connectivity index (χ0) is 30.3. The molecule has 11 nitrogen and oxygen atoms in total. The van der Waals surface area contributed by atoms with E-state index in [1.807, 2.05) is 44.3 Å². The molecule has 228 valence electrons. The highest BCUT2D eigenvalue weighted by Gasteiger charge is 2.33. The van der Waals surface area contributed by atoms with Gasteiger partial charge in [-0.2, -0.15) is 4.31 Å². The van der Waals surface area contributed by atoms with Crippen LogP contribution in [0.15, 0.2) is 65.5 Å². The van der Waals surface area contributed by atoms with Gasteiger partial charge in [-0.1, -0.05) is 30.3 Å². The Morgan fingerprint density at radius 3 is 2.42 bits per heavy atom. The van der Waals surface area contributed by atoms with Gasteiger partial charge in [-0.05, 0) is 56.5 Å². The lowest BCUT2D eigenvalue weighted by atomic mass is 9.86. The summed E-state index contributed by atoms with van der Waals surface area (Å²) in [6.07, 6.45) is 3.50. The maximum atomic E-state index is 13.9. The summed E-state index contributed by atoms with van der Waals surface area (Å²) in [5, 5.41) is 2.34. The van der Waals surface area contributed by atoms with Gasteiger partial charge in [0.1, 0.15) is 5.65 Å². The van der Waals surface area contributed by atoms with E-state index in [0.29, 0.717) is 56.4 Å². The lowest BCUT2D eigenvalue weighted by Crippen LogP contribution is -2.47. The number of pyridine rings is 2. The number of allylic oxidation sites excluding steroid dienone is 1. The zero-order valence-electron chi connectivity index (χ0n) is 25.0. The van der Waals surface area contributed by atoms with Gasteiger partial charge in [-0.25, -0.2) is 19.2 Å². The van der Waals surface area contributed by atoms with Crippen LogP contribution in [0.25, 0.3) is 27.8 Å². The molecule has 12 heteroatoms. The summed E-state index contributed by atoms with van der Waals surface area (Å²) in [4.78, 5) is 12.0. The van der Waals surface area contributed by atoms with Crippen LogP contribution in [0.3, 0.4) is 0 Å². The van der Waals surface area contributed by atoms with Crippen molar-refractivity contribution in [3.8, 4) is 0 Å². The SMILES string of the molecule is C/C(N)=C(\c1cnc2c3ccc(S(=O)(=O)N4CCN(C)CC4)nc3n(C(c3ccccc3)C3CCOCC3)c2c1)N(C)N. The second kappa shape index (κ2) is 11.9. The number of sulfonamides is 1. The third kappa shape index (κ3) is 5.49. The number of benzene rings is 1. The fourth-order valence-electron chi connectivity index (χ4n) is 6.50. The first-order valence-corrected chi connectivity index (χ1v) is 16.2. The molecule has 1 unspecified atom stereocenters. The molecule has 0 bridgehead atoms. The topological polar surface area (TPSA) is 136 Å². The Morgan fingerprint density at radius 1 is 1.07 bits per heavy atom. The highest BCUT2D eigenvalue weighted by Crippen LogP contribution is 2.40. The van der Waals surface area contributed by atoms with Crippen molar-refractivity contribution in [1.29, 1.82) is 0 Å². The number of rotatable bonds is 7. The minimum atomic E-state index is -3.80. The van der Waals surface area contributed by atoms with Crippen molar-refractivity contribution in [3.63, 3.8) is 0 Å². The average Bonchev–Trinajstić information content (AvgIpc) is 3.31. The number of likely N-dealkylation sites (N-methyl/N-ethyl adjacent to an activating group) is 1. The number of nitrogens with zero attached hydrogens (tertiary/aromatic N) is 6. The van der Waals surface area contributed by atoms with E-state index < -0.39 is 10.0 Å². The summed E-state index contributed by atoms with van der Waals surface area (Å²) in [6, 6.07) is 15.7. The van der Waals surface area contributed by atoms with Crippen LogP contribution in [0.5, 0.6) is 0 Å². The largest absolute Gasteiger partial charge is 0.401 e. The Morgan fingerprint density at radius 2 is 1.77 bits per heavy atom. The van der Waals surface area contributed by atoms with Crippen LogP contribution in [-0.4, -0.2) is 90.7 Å². The van der Waals surface area contributed by atoms with Crippen LogP contribution in [0.2, 0.25) is 0 Å². The minimum Gasteiger partial charge on any atom is -0.401 e. The summed E-state index contributed by atoms with van der Waals surface area (Å²) >= 11 is 0. The summed E-state index contributed by atoms with van der Waals surface area (Å²) in [7, 11) is -0.0453. The fourth-order valence-corrected chi connectivity index (χ4v) is 7.85. The quantitative estimate of drug-likeness (QED) is 0.241. The third-order valence-electron chi connectivity index (χ3n) is 8.66. The van der Waals surface area contributed by atoms with Gasteiger partial charge in [0.15, 0.2) is 5.03 Å². The van der Waals surface area contributed by atoms with E-state index in [4.69, 9.17) is 26.3 Å². The van der Waals surface area contributed by atoms with Crippen LogP contribution in [0.4, 0.5) is 0 Å². The highest BCUT2D eigenvalue weighted by atomic mass is 32.2. The zero-order valence-corrected chi connectivity index (χ0v) is 25.8. The number of hydrogen-bond donors (Lipinski definition) is 2. The molecule has 4 aromatic rings. The predicted molar refractivity (Wildman–Crippen MR) is 168 cm³/mol. The lowest BCUT2D eigenvalue weighted by Gasteiger charge is -2.33. The number of hydrazine groups is 1. The molecule has 43 heavy (non-hydrogen) atoms. The Balaban J connectivity index is 1.63. The van der Waals surface area contributed by atoms with E-state index in [0.717, 1.165) is 40.4 Å². The molecule has 1 atom stereocenters. The van der Waals surface area contributed by atoms with Gasteiger partial charge >= 0.3 is 0 Å². The summed E-state index contributed by atoms with van der Waals surface area (Å²) in [5.74, 6) is 6.44. The van der Waals surface area contributed by atoms with Crippen LogP contribution in [0, 0.1) is 5.92 Å². The molecule has 6 rings (SSSR count). The second-order valence-electron chi connectivity index (χ2n) is 11.6. The number of hydrogen-bond acceptors (Lipinski definition) is 9. The molecule has 5 heterocycles. The first-order chi connectivity index (χ1) is 20.7. The predicted octanol–water partition coefficient (Wildman–Crippen LogP) is 2.99. The van der Waals surface area contributed by atoms with Gasteiger partial charge in [0.05, 0.1) is 22.8 Å². The molecule has 0 amide bonds. The highest BCUT2D eigenvalue weighted by molar-refractivity contribution is 7.89. The molecule has 0 spiro atoms. The van der Waals surface area contributed by atoms with E-state index >= 15 is 0 Å². The molecule has 0 radical (unpaired) electrons. The van der Waals surface area contributed by atoms with E-state index in [2.05, 4.69) is 21.6 Å². The van der Waals surface area contributed by atoms with Gasteiger partial charge < -0.3 is 24.9 Å². The molecule has 2 fully saturated rings. The monoisotopic (exact) mass is 604 g/mol. The first-order valence-electron chi connectivity index (χ1n) is 14.7. The van der Waals surface area contributed by atoms with Crippen molar-refractivity contribution >= 4 is 37.8 Å². The molecule has 4 N–H and O–H groups in total. The van der Waals surface area contributed by atoms with Crippen LogP contribution in [-0.2, 0) is 14.8 Å². The maximum Gasteiger partial charge on any atom is 0.260 e. The van der Waals surface area contributed by atoms with Gasteiger partial charge in [0, 0.05) is 69.3 Å². The smallest absolute Gasteiger partial charge is 0.260 e. The van der Waals surface area contributed by atoms with Crippen molar-refractivity contribution in [2.75, 3.05) is 53.5 Å². The van der Waals surface area contributed by atoms with Gasteiger partial charge in [0.2, 0.25) is 0 Å². The Kier molecular flexibility index (Phi) is 8.14. The summed E-state index contributed by atoms with van der Waals surface area (Å²) < 4.78 is 37.2. The molecule has 2 aliphatic rings. The van der Waals surface area contributed by atoms with Crippen LogP contribution >= 0.6 is 0 Å². The van der Waals surface area contributed by atoms with Crippen molar-refractivity contribution < 1.29 is 13.2 Å². The number of fused-ring (bicyclic) bond motifs is 3. The molecule has 3 aromatic heterocycles.